The van der Waals surface area contributed by atoms with Gasteiger partial charge in [-0.3, -0.25) is 4.98 Å². The van der Waals surface area contributed by atoms with Gasteiger partial charge in [-0.05, 0) is 112 Å². The van der Waals surface area contributed by atoms with Crippen LogP contribution < -0.4 is 0 Å². The quantitative estimate of drug-likeness (QED) is 0.0965. The van der Waals surface area contributed by atoms with Crippen molar-refractivity contribution < 1.29 is 0 Å². The standard InChI is InChI=1S/C60H68N4/c1-10-12-14-16-20-41-36-42(21-17-15-13-11-2)38-49(37-41)60(9)52-23-19-18-22-50(52)51-34-28-45(39-53(51)60)54-35-29-46(40-61-54)57-63-55(43-24-30-47(31-25-43)58(3,4)5)62-56(64-57)44-26-32-48(33-27-44)59(6,7)8/h18-19,22-40H,10-17,20-21H2,1-9H3/t60-/m0/s1. The largest absolute Gasteiger partial charge is 0.255 e. The predicted molar refractivity (Wildman–Crippen MR) is 270 cm³/mol. The zero-order valence-electron chi connectivity index (χ0n) is 40.0. The average molecular weight is 845 g/mol. The van der Waals surface area contributed by atoms with Crippen molar-refractivity contribution >= 4 is 0 Å². The molecule has 0 fully saturated rings. The Balaban J connectivity index is 1.16. The summed E-state index contributed by atoms with van der Waals surface area (Å²) < 4.78 is 0. The lowest BCUT2D eigenvalue weighted by Crippen LogP contribution is -2.23. The first-order chi connectivity index (χ1) is 30.8. The number of pyridine rings is 1. The maximum absolute atomic E-state index is 5.13. The molecule has 0 saturated heterocycles. The molecule has 2 aromatic heterocycles. The molecule has 64 heavy (non-hydrogen) atoms. The summed E-state index contributed by atoms with van der Waals surface area (Å²) in [7, 11) is 0. The molecule has 2 heterocycles. The lowest BCUT2D eigenvalue weighted by atomic mass is 9.72. The maximum Gasteiger partial charge on any atom is 0.165 e. The Morgan fingerprint density at radius 1 is 0.453 bits per heavy atom. The van der Waals surface area contributed by atoms with Gasteiger partial charge in [0.25, 0.3) is 0 Å². The number of benzene rings is 5. The van der Waals surface area contributed by atoms with E-state index in [0.29, 0.717) is 17.5 Å². The van der Waals surface area contributed by atoms with Gasteiger partial charge in [0.2, 0.25) is 0 Å². The molecule has 0 aliphatic heterocycles. The van der Waals surface area contributed by atoms with Crippen LogP contribution in [0, 0.1) is 0 Å². The molecule has 0 unspecified atom stereocenters. The Morgan fingerprint density at radius 2 is 0.938 bits per heavy atom. The zero-order chi connectivity index (χ0) is 45.1. The highest BCUT2D eigenvalue weighted by Crippen LogP contribution is 2.53. The summed E-state index contributed by atoms with van der Waals surface area (Å²) in [5.74, 6) is 1.91. The van der Waals surface area contributed by atoms with E-state index in [1.807, 2.05) is 6.20 Å². The fourth-order valence-corrected chi connectivity index (χ4v) is 9.51. The van der Waals surface area contributed by atoms with Crippen LogP contribution in [0.1, 0.15) is 153 Å². The average Bonchev–Trinajstić information content (AvgIpc) is 3.56. The van der Waals surface area contributed by atoms with Gasteiger partial charge in [-0.1, -0.05) is 197 Å². The monoisotopic (exact) mass is 845 g/mol. The van der Waals surface area contributed by atoms with E-state index in [9.17, 15) is 0 Å². The molecule has 5 aromatic carbocycles. The molecule has 4 nitrogen and oxygen atoms in total. The van der Waals surface area contributed by atoms with E-state index in [-0.39, 0.29) is 16.2 Å². The Bertz CT molecular complexity index is 2590. The number of rotatable bonds is 15. The van der Waals surface area contributed by atoms with Crippen LogP contribution in [0.25, 0.3) is 56.5 Å². The van der Waals surface area contributed by atoms with Gasteiger partial charge in [0, 0.05) is 33.9 Å². The molecule has 0 spiro atoms. The Labute approximate surface area is 384 Å². The Hall–Kier alpha value is -5.74. The zero-order valence-corrected chi connectivity index (χ0v) is 40.0. The first-order valence-corrected chi connectivity index (χ1v) is 24.1. The minimum atomic E-state index is -0.298. The van der Waals surface area contributed by atoms with Crippen LogP contribution in [0.3, 0.4) is 0 Å². The van der Waals surface area contributed by atoms with Gasteiger partial charge in [0.15, 0.2) is 17.5 Å². The number of fused-ring (bicyclic) bond motifs is 3. The van der Waals surface area contributed by atoms with Crippen molar-refractivity contribution in [2.24, 2.45) is 0 Å². The summed E-state index contributed by atoms with van der Waals surface area (Å²) in [6, 6.07) is 45.1. The number of hydrogen-bond donors (Lipinski definition) is 0. The van der Waals surface area contributed by atoms with Crippen LogP contribution in [0.5, 0.6) is 0 Å². The number of aromatic nitrogens is 4. The summed E-state index contributed by atoms with van der Waals surface area (Å²) in [6.07, 6.45) is 14.4. The molecule has 1 aliphatic rings. The second kappa shape index (κ2) is 18.8. The smallest absolute Gasteiger partial charge is 0.165 e. The second-order valence-corrected chi connectivity index (χ2v) is 20.5. The first kappa shape index (κ1) is 44.9. The van der Waals surface area contributed by atoms with Crippen molar-refractivity contribution in [2.75, 3.05) is 0 Å². The molecule has 8 rings (SSSR count). The van der Waals surface area contributed by atoms with Gasteiger partial charge >= 0.3 is 0 Å². The summed E-state index contributed by atoms with van der Waals surface area (Å²) in [6.45, 7) is 20.5. The number of hydrogen-bond acceptors (Lipinski definition) is 4. The molecule has 0 N–H and O–H groups in total. The molecule has 7 aromatic rings. The van der Waals surface area contributed by atoms with Crippen molar-refractivity contribution in [2.45, 2.75) is 143 Å². The Morgan fingerprint density at radius 3 is 1.44 bits per heavy atom. The topological polar surface area (TPSA) is 51.6 Å². The van der Waals surface area contributed by atoms with Gasteiger partial charge in [0.05, 0.1) is 5.69 Å². The van der Waals surface area contributed by atoms with Gasteiger partial charge in [0.1, 0.15) is 0 Å². The van der Waals surface area contributed by atoms with E-state index < -0.39 is 0 Å². The third kappa shape index (κ3) is 9.53. The molecule has 0 amide bonds. The van der Waals surface area contributed by atoms with Crippen molar-refractivity contribution in [3.8, 4) is 56.5 Å². The fourth-order valence-electron chi connectivity index (χ4n) is 9.51. The highest BCUT2D eigenvalue weighted by atomic mass is 15.0. The number of unbranched alkanes of at least 4 members (excludes halogenated alkanes) is 6. The molecule has 0 bridgehead atoms. The molecular formula is C60H68N4. The third-order valence-electron chi connectivity index (χ3n) is 13.6. The normalized spacial score (nSPS) is 14.7. The predicted octanol–water partition coefficient (Wildman–Crippen LogP) is 16.1. The van der Waals surface area contributed by atoms with Crippen LogP contribution in [-0.4, -0.2) is 19.9 Å². The minimum absolute atomic E-state index is 0.0489. The van der Waals surface area contributed by atoms with Crippen molar-refractivity contribution in [1.29, 1.82) is 0 Å². The van der Waals surface area contributed by atoms with Gasteiger partial charge in [-0.25, -0.2) is 15.0 Å². The third-order valence-corrected chi connectivity index (χ3v) is 13.6. The van der Waals surface area contributed by atoms with Crippen molar-refractivity contribution in [3.05, 3.63) is 166 Å². The molecular weight excluding hydrogens is 777 g/mol. The number of aryl methyl sites for hydroxylation is 2. The molecule has 4 heteroatoms. The first-order valence-electron chi connectivity index (χ1n) is 24.1. The summed E-state index contributed by atoms with van der Waals surface area (Å²) in [5.41, 5.74) is 16.9. The highest BCUT2D eigenvalue weighted by Gasteiger charge is 2.41. The van der Waals surface area contributed by atoms with E-state index in [2.05, 4.69) is 184 Å². The van der Waals surface area contributed by atoms with Crippen LogP contribution in [-0.2, 0) is 29.1 Å². The number of nitrogens with zero attached hydrogens (tertiary/aromatic N) is 4. The molecule has 328 valence electrons. The van der Waals surface area contributed by atoms with Crippen LogP contribution in [0.2, 0.25) is 0 Å². The fraction of sp³-hybridized carbons (Fsp3) is 0.367. The van der Waals surface area contributed by atoms with Crippen molar-refractivity contribution in [3.63, 3.8) is 0 Å². The van der Waals surface area contributed by atoms with Gasteiger partial charge < -0.3 is 0 Å². The molecule has 0 radical (unpaired) electrons. The summed E-state index contributed by atoms with van der Waals surface area (Å²) in [5, 5.41) is 0. The van der Waals surface area contributed by atoms with Crippen LogP contribution in [0.4, 0.5) is 0 Å². The SMILES string of the molecule is CCCCCCc1cc(CCCCCC)cc([C@@]2(C)c3ccccc3-c3ccc(-c4ccc(-c5nc(-c6ccc(C(C)(C)C)cc6)nc(-c6ccc(C(C)(C)C)cc6)n5)cn4)cc32)c1. The Kier molecular flexibility index (Phi) is 13.2. The van der Waals surface area contributed by atoms with Crippen LogP contribution >= 0.6 is 0 Å². The van der Waals surface area contributed by atoms with Crippen LogP contribution in [0.15, 0.2) is 128 Å². The minimum Gasteiger partial charge on any atom is -0.255 e. The van der Waals surface area contributed by atoms with E-state index in [4.69, 9.17) is 19.9 Å². The lowest BCUT2D eigenvalue weighted by molar-refractivity contribution is 0.590. The van der Waals surface area contributed by atoms with Gasteiger partial charge in [-0.15, -0.1) is 0 Å². The molecule has 0 saturated carbocycles. The van der Waals surface area contributed by atoms with E-state index in [1.54, 1.807) is 0 Å². The lowest BCUT2D eigenvalue weighted by Gasteiger charge is -2.30. The van der Waals surface area contributed by atoms with E-state index >= 15 is 0 Å². The second-order valence-electron chi connectivity index (χ2n) is 20.5. The summed E-state index contributed by atoms with van der Waals surface area (Å²) in [4.78, 5) is 20.3. The van der Waals surface area contributed by atoms with Crippen molar-refractivity contribution in [1.82, 2.24) is 19.9 Å². The molecule has 1 atom stereocenters. The highest BCUT2D eigenvalue weighted by molar-refractivity contribution is 5.85. The van der Waals surface area contributed by atoms with Gasteiger partial charge in [-0.2, -0.15) is 0 Å². The molecule has 1 aliphatic carbocycles. The summed E-state index contributed by atoms with van der Waals surface area (Å²) >= 11 is 0. The van der Waals surface area contributed by atoms with E-state index in [0.717, 1.165) is 40.8 Å². The maximum atomic E-state index is 5.13. The van der Waals surface area contributed by atoms with E-state index in [1.165, 1.54) is 101 Å².